The monoisotopic (exact) mass is 313 g/mol. The second kappa shape index (κ2) is 7.17. The van der Waals surface area contributed by atoms with Gasteiger partial charge in [0.15, 0.2) is 5.96 Å². The quantitative estimate of drug-likeness (QED) is 0.448. The number of guanidine groups is 1. The zero-order valence-electron chi connectivity index (χ0n) is 13.4. The highest BCUT2D eigenvalue weighted by atomic mass is 16.5. The number of rotatable bonds is 5. The molecule has 0 fully saturated rings. The first-order valence-corrected chi connectivity index (χ1v) is 8.01. The van der Waals surface area contributed by atoms with E-state index in [-0.39, 0.29) is 6.04 Å². The highest BCUT2D eigenvalue weighted by Gasteiger charge is 2.21. The number of aromatic nitrogens is 2. The van der Waals surface area contributed by atoms with Crippen molar-refractivity contribution in [3.63, 3.8) is 0 Å². The van der Waals surface area contributed by atoms with Gasteiger partial charge in [0.05, 0.1) is 18.8 Å². The standard InChI is InChI=1S/C17H23N5O/c1-12-13(11-20-22-12)5-4-9-19-17(18)21-15-8-10-23-16-7-3-2-6-14(15)16/h2-3,6-7,11,15H,4-5,8-10H2,1H3,(H,20,22)(H3,18,19,21). The zero-order chi connectivity index (χ0) is 16.1. The lowest BCUT2D eigenvalue weighted by Crippen LogP contribution is -2.37. The summed E-state index contributed by atoms with van der Waals surface area (Å²) in [6, 6.07) is 8.23. The van der Waals surface area contributed by atoms with Gasteiger partial charge >= 0.3 is 0 Å². The number of hydrogen-bond acceptors (Lipinski definition) is 3. The molecule has 0 bridgehead atoms. The highest BCUT2D eigenvalue weighted by molar-refractivity contribution is 5.78. The third kappa shape index (κ3) is 3.83. The number of ether oxygens (including phenoxy) is 1. The van der Waals surface area contributed by atoms with E-state index < -0.39 is 0 Å². The Bertz CT molecular complexity index is 679. The maximum absolute atomic E-state index is 6.03. The Labute approximate surface area is 136 Å². The van der Waals surface area contributed by atoms with Crippen molar-refractivity contribution in [2.24, 2.45) is 10.7 Å². The molecule has 4 N–H and O–H groups in total. The minimum absolute atomic E-state index is 0.166. The van der Waals surface area contributed by atoms with Crippen LogP contribution < -0.4 is 15.8 Å². The maximum atomic E-state index is 6.03. The Hall–Kier alpha value is -2.50. The van der Waals surface area contributed by atoms with Crippen LogP contribution in [0.1, 0.15) is 35.7 Å². The zero-order valence-corrected chi connectivity index (χ0v) is 13.4. The molecule has 0 saturated carbocycles. The molecule has 0 saturated heterocycles. The molecule has 1 unspecified atom stereocenters. The van der Waals surface area contributed by atoms with Crippen LogP contribution in [0, 0.1) is 6.92 Å². The van der Waals surface area contributed by atoms with E-state index in [1.165, 1.54) is 5.56 Å². The molecule has 3 rings (SSSR count). The Morgan fingerprint density at radius 2 is 2.35 bits per heavy atom. The van der Waals surface area contributed by atoms with Crippen LogP contribution in [0.25, 0.3) is 0 Å². The van der Waals surface area contributed by atoms with Crippen LogP contribution in [0.2, 0.25) is 0 Å². The third-order valence-corrected chi connectivity index (χ3v) is 4.10. The van der Waals surface area contributed by atoms with Crippen molar-refractivity contribution >= 4 is 5.96 Å². The molecule has 0 spiro atoms. The summed E-state index contributed by atoms with van der Waals surface area (Å²) in [4.78, 5) is 4.43. The first-order chi connectivity index (χ1) is 11.2. The van der Waals surface area contributed by atoms with Crippen LogP contribution in [-0.2, 0) is 6.42 Å². The second-order valence-corrected chi connectivity index (χ2v) is 5.76. The molecule has 1 aromatic carbocycles. The summed E-state index contributed by atoms with van der Waals surface area (Å²) in [5.74, 6) is 1.43. The number of fused-ring (bicyclic) bond motifs is 1. The van der Waals surface area contributed by atoms with E-state index in [2.05, 4.69) is 26.6 Å². The lowest BCUT2D eigenvalue weighted by atomic mass is 10.0. The van der Waals surface area contributed by atoms with Gasteiger partial charge in [-0.2, -0.15) is 5.10 Å². The number of hydrogen-bond donors (Lipinski definition) is 3. The Morgan fingerprint density at radius 1 is 1.48 bits per heavy atom. The number of aliphatic imine (C=N–C) groups is 1. The highest BCUT2D eigenvalue weighted by Crippen LogP contribution is 2.31. The molecule has 2 heterocycles. The number of para-hydroxylation sites is 1. The van der Waals surface area contributed by atoms with Crippen LogP contribution in [0.5, 0.6) is 5.75 Å². The van der Waals surface area contributed by atoms with Gasteiger partial charge in [-0.3, -0.25) is 10.1 Å². The van der Waals surface area contributed by atoms with Crippen LogP contribution in [-0.4, -0.2) is 29.3 Å². The maximum Gasteiger partial charge on any atom is 0.189 e. The summed E-state index contributed by atoms with van der Waals surface area (Å²) in [7, 11) is 0. The topological polar surface area (TPSA) is 88.3 Å². The molecule has 0 radical (unpaired) electrons. The van der Waals surface area contributed by atoms with Crippen LogP contribution in [0.4, 0.5) is 0 Å². The number of nitrogens with one attached hydrogen (secondary N) is 2. The van der Waals surface area contributed by atoms with Crippen molar-refractivity contribution < 1.29 is 4.74 Å². The number of H-pyrrole nitrogens is 1. The number of nitrogens with two attached hydrogens (primary N) is 1. The van der Waals surface area contributed by atoms with Gasteiger partial charge in [-0.05, 0) is 31.4 Å². The van der Waals surface area contributed by atoms with Crippen molar-refractivity contribution in [2.75, 3.05) is 13.2 Å². The smallest absolute Gasteiger partial charge is 0.189 e. The molecule has 1 aliphatic rings. The molecule has 1 aromatic heterocycles. The molecule has 23 heavy (non-hydrogen) atoms. The van der Waals surface area contributed by atoms with Gasteiger partial charge < -0.3 is 15.8 Å². The van der Waals surface area contributed by atoms with Crippen molar-refractivity contribution in [1.82, 2.24) is 15.5 Å². The summed E-state index contributed by atoms with van der Waals surface area (Å²) in [6.07, 6.45) is 4.67. The van der Waals surface area contributed by atoms with Crippen molar-refractivity contribution in [3.05, 3.63) is 47.3 Å². The van der Waals surface area contributed by atoms with E-state index in [0.717, 1.165) is 36.3 Å². The third-order valence-electron chi connectivity index (χ3n) is 4.10. The largest absolute Gasteiger partial charge is 0.493 e. The molecular formula is C17H23N5O. The fraction of sp³-hybridized carbons (Fsp3) is 0.412. The number of benzene rings is 1. The SMILES string of the molecule is Cc1[nH]ncc1CCCN=C(N)NC1CCOc2ccccc21. The molecule has 1 atom stereocenters. The molecule has 122 valence electrons. The Morgan fingerprint density at radius 3 is 3.17 bits per heavy atom. The predicted octanol–water partition coefficient (Wildman–Crippen LogP) is 2.08. The normalized spacial score (nSPS) is 17.4. The van der Waals surface area contributed by atoms with E-state index in [4.69, 9.17) is 10.5 Å². The Balaban J connectivity index is 1.51. The lowest BCUT2D eigenvalue weighted by molar-refractivity contribution is 0.262. The molecule has 6 nitrogen and oxygen atoms in total. The van der Waals surface area contributed by atoms with Gasteiger partial charge in [-0.1, -0.05) is 18.2 Å². The first-order valence-electron chi connectivity index (χ1n) is 8.01. The first kappa shape index (κ1) is 15.4. The summed E-state index contributed by atoms with van der Waals surface area (Å²) < 4.78 is 5.66. The van der Waals surface area contributed by atoms with Gasteiger partial charge in [-0.25, -0.2) is 0 Å². The van der Waals surface area contributed by atoms with Gasteiger partial charge in [0, 0.05) is 24.2 Å². The fourth-order valence-electron chi connectivity index (χ4n) is 2.81. The minimum atomic E-state index is 0.166. The second-order valence-electron chi connectivity index (χ2n) is 5.76. The molecule has 2 aromatic rings. The Kier molecular flexibility index (Phi) is 4.80. The van der Waals surface area contributed by atoms with Gasteiger partial charge in [0.2, 0.25) is 0 Å². The van der Waals surface area contributed by atoms with E-state index in [0.29, 0.717) is 19.1 Å². The molecule has 1 aliphatic heterocycles. The lowest BCUT2D eigenvalue weighted by Gasteiger charge is -2.26. The van der Waals surface area contributed by atoms with E-state index in [1.54, 1.807) is 0 Å². The van der Waals surface area contributed by atoms with E-state index >= 15 is 0 Å². The van der Waals surface area contributed by atoms with Crippen molar-refractivity contribution in [1.29, 1.82) is 0 Å². The molecular weight excluding hydrogens is 290 g/mol. The van der Waals surface area contributed by atoms with Crippen LogP contribution >= 0.6 is 0 Å². The summed E-state index contributed by atoms with van der Waals surface area (Å²) in [5.41, 5.74) is 9.54. The summed E-state index contributed by atoms with van der Waals surface area (Å²) in [5, 5.41) is 10.3. The molecule has 0 aliphatic carbocycles. The molecule has 0 amide bonds. The predicted molar refractivity (Wildman–Crippen MR) is 90.6 cm³/mol. The van der Waals surface area contributed by atoms with Gasteiger partial charge in [0.1, 0.15) is 5.75 Å². The van der Waals surface area contributed by atoms with E-state index in [1.807, 2.05) is 31.3 Å². The molecule has 6 heteroatoms. The average Bonchev–Trinajstić information content (AvgIpc) is 2.97. The van der Waals surface area contributed by atoms with Crippen molar-refractivity contribution in [2.45, 2.75) is 32.2 Å². The van der Waals surface area contributed by atoms with Gasteiger partial charge in [-0.15, -0.1) is 0 Å². The fourth-order valence-corrected chi connectivity index (χ4v) is 2.81. The number of nitrogens with zero attached hydrogens (tertiary/aromatic N) is 2. The number of aromatic amines is 1. The average molecular weight is 313 g/mol. The van der Waals surface area contributed by atoms with E-state index in [9.17, 15) is 0 Å². The number of aryl methyl sites for hydroxylation is 2. The van der Waals surface area contributed by atoms with Crippen LogP contribution in [0.15, 0.2) is 35.5 Å². The minimum Gasteiger partial charge on any atom is -0.493 e. The van der Waals surface area contributed by atoms with Crippen LogP contribution in [0.3, 0.4) is 0 Å². The van der Waals surface area contributed by atoms with Gasteiger partial charge in [0.25, 0.3) is 0 Å². The summed E-state index contributed by atoms with van der Waals surface area (Å²) in [6.45, 7) is 3.43. The van der Waals surface area contributed by atoms with Crippen molar-refractivity contribution in [3.8, 4) is 5.75 Å². The summed E-state index contributed by atoms with van der Waals surface area (Å²) >= 11 is 0.